The van der Waals surface area contributed by atoms with Gasteiger partial charge >= 0.3 is 5.97 Å². The van der Waals surface area contributed by atoms with Crippen LogP contribution in [0.2, 0.25) is 0 Å². The molecule has 0 spiro atoms. The zero-order valence-electron chi connectivity index (χ0n) is 11.4. The van der Waals surface area contributed by atoms with Crippen LogP contribution in [0.5, 0.6) is 0 Å². The molecule has 1 rings (SSSR count). The number of rotatable bonds is 6. The van der Waals surface area contributed by atoms with Crippen LogP contribution in [0.3, 0.4) is 0 Å². The molecule has 18 heavy (non-hydrogen) atoms. The second-order valence-corrected chi connectivity index (χ2v) is 5.24. The highest BCUT2D eigenvalue weighted by Crippen LogP contribution is 2.21. The largest absolute Gasteiger partial charge is 0.465 e. The van der Waals surface area contributed by atoms with Crippen molar-refractivity contribution in [1.29, 1.82) is 0 Å². The van der Waals surface area contributed by atoms with E-state index in [9.17, 15) is 4.79 Å². The van der Waals surface area contributed by atoms with Crippen molar-refractivity contribution >= 4 is 23.2 Å². The Bertz CT molecular complexity index is 289. The lowest BCUT2D eigenvalue weighted by Crippen LogP contribution is -2.47. The molecule has 1 saturated heterocycles. The molecule has 1 aliphatic heterocycles. The molecule has 0 aromatic rings. The number of ether oxygens (including phenoxy) is 1. The first-order valence-electron chi connectivity index (χ1n) is 6.80. The fraction of sp³-hybridized carbons (Fsp3) is 0.846. The number of carbonyl (C=O) groups is 1. The molecule has 0 amide bonds. The molecule has 1 aliphatic rings. The number of carbonyl (C=O) groups excluding carboxylic acids is 1. The first-order valence-corrected chi connectivity index (χ1v) is 7.20. The van der Waals surface area contributed by atoms with Gasteiger partial charge in [-0.25, -0.2) is 0 Å². The Morgan fingerprint density at radius 2 is 2.06 bits per heavy atom. The number of nitrogens with zero attached hydrogens (tertiary/aromatic N) is 1. The average Bonchev–Trinajstić information content (AvgIpc) is 2.36. The standard InChI is InChI=1S/C13H24N2O2S/c1-3-5-11(13(16)17-4-2)15-8-6-10(7-9-15)12(14)18/h10-11H,3-9H2,1-2H3,(H2,14,18). The van der Waals surface area contributed by atoms with Crippen LogP contribution < -0.4 is 5.73 Å². The number of esters is 1. The highest BCUT2D eigenvalue weighted by Gasteiger charge is 2.30. The summed E-state index contributed by atoms with van der Waals surface area (Å²) in [5.41, 5.74) is 5.68. The molecule has 0 aromatic carbocycles. The quantitative estimate of drug-likeness (QED) is 0.589. The van der Waals surface area contributed by atoms with E-state index < -0.39 is 0 Å². The van der Waals surface area contributed by atoms with Gasteiger partial charge in [0.25, 0.3) is 0 Å². The Balaban J connectivity index is 2.55. The SMILES string of the molecule is CCCC(C(=O)OCC)N1CCC(C(N)=S)CC1. The Kier molecular flexibility index (Phi) is 6.57. The van der Waals surface area contributed by atoms with E-state index in [0.29, 0.717) is 17.5 Å². The van der Waals surface area contributed by atoms with Gasteiger partial charge in [0.1, 0.15) is 6.04 Å². The normalized spacial score (nSPS) is 19.4. The zero-order valence-corrected chi connectivity index (χ0v) is 12.2. The molecule has 2 N–H and O–H groups in total. The molecular formula is C13H24N2O2S. The first-order chi connectivity index (χ1) is 8.60. The van der Waals surface area contributed by atoms with Crippen LogP contribution in [0.4, 0.5) is 0 Å². The van der Waals surface area contributed by atoms with Crippen LogP contribution in [0, 0.1) is 5.92 Å². The van der Waals surface area contributed by atoms with Gasteiger partial charge in [0, 0.05) is 5.92 Å². The fourth-order valence-corrected chi connectivity index (χ4v) is 2.69. The summed E-state index contributed by atoms with van der Waals surface area (Å²) in [4.78, 5) is 14.8. The highest BCUT2D eigenvalue weighted by atomic mass is 32.1. The van der Waals surface area contributed by atoms with Crippen molar-refractivity contribution < 1.29 is 9.53 Å². The molecule has 1 atom stereocenters. The molecule has 5 heteroatoms. The molecule has 1 fully saturated rings. The van der Waals surface area contributed by atoms with Crippen LogP contribution in [0.15, 0.2) is 0 Å². The van der Waals surface area contributed by atoms with E-state index in [1.54, 1.807) is 0 Å². The van der Waals surface area contributed by atoms with Gasteiger partial charge < -0.3 is 10.5 Å². The van der Waals surface area contributed by atoms with E-state index in [1.165, 1.54) is 0 Å². The number of likely N-dealkylation sites (tertiary alicyclic amines) is 1. The number of nitrogens with two attached hydrogens (primary N) is 1. The van der Waals surface area contributed by atoms with Crippen molar-refractivity contribution in [3.8, 4) is 0 Å². The van der Waals surface area contributed by atoms with Crippen LogP contribution >= 0.6 is 12.2 Å². The van der Waals surface area contributed by atoms with Crippen molar-refractivity contribution in [3.05, 3.63) is 0 Å². The van der Waals surface area contributed by atoms with Crippen molar-refractivity contribution in [2.24, 2.45) is 11.7 Å². The van der Waals surface area contributed by atoms with Crippen LogP contribution in [-0.4, -0.2) is 41.6 Å². The second-order valence-electron chi connectivity index (χ2n) is 4.77. The van der Waals surface area contributed by atoms with Crippen molar-refractivity contribution in [2.45, 2.75) is 45.6 Å². The average molecular weight is 272 g/mol. The summed E-state index contributed by atoms with van der Waals surface area (Å²) in [6.45, 7) is 6.15. The monoisotopic (exact) mass is 272 g/mol. The fourth-order valence-electron chi connectivity index (χ4n) is 2.46. The molecule has 104 valence electrons. The topological polar surface area (TPSA) is 55.6 Å². The van der Waals surface area contributed by atoms with E-state index in [2.05, 4.69) is 11.8 Å². The first kappa shape index (κ1) is 15.4. The molecule has 0 saturated carbocycles. The molecule has 0 aliphatic carbocycles. The van der Waals surface area contributed by atoms with Gasteiger partial charge in [0.05, 0.1) is 11.6 Å². The maximum atomic E-state index is 11.9. The summed E-state index contributed by atoms with van der Waals surface area (Å²) in [6, 6.07) is -0.0951. The number of hydrogen-bond acceptors (Lipinski definition) is 4. The third kappa shape index (κ3) is 4.21. The van der Waals surface area contributed by atoms with Gasteiger partial charge in [-0.2, -0.15) is 0 Å². The zero-order chi connectivity index (χ0) is 13.5. The molecule has 1 unspecified atom stereocenters. The Labute approximate surface area is 115 Å². The molecule has 0 bridgehead atoms. The summed E-state index contributed by atoms with van der Waals surface area (Å²) in [7, 11) is 0. The minimum absolute atomic E-state index is 0.0897. The highest BCUT2D eigenvalue weighted by molar-refractivity contribution is 7.80. The van der Waals surface area contributed by atoms with Gasteiger partial charge in [-0.05, 0) is 39.3 Å². The van der Waals surface area contributed by atoms with E-state index in [4.69, 9.17) is 22.7 Å². The van der Waals surface area contributed by atoms with Crippen LogP contribution in [-0.2, 0) is 9.53 Å². The second kappa shape index (κ2) is 7.69. The number of piperidine rings is 1. The van der Waals surface area contributed by atoms with E-state index in [0.717, 1.165) is 38.8 Å². The van der Waals surface area contributed by atoms with Gasteiger partial charge in [-0.3, -0.25) is 9.69 Å². The summed E-state index contributed by atoms with van der Waals surface area (Å²) in [5.74, 6) is 0.244. The summed E-state index contributed by atoms with van der Waals surface area (Å²) in [5, 5.41) is 0. The van der Waals surface area contributed by atoms with Crippen LogP contribution in [0.25, 0.3) is 0 Å². The maximum Gasteiger partial charge on any atom is 0.323 e. The van der Waals surface area contributed by atoms with Gasteiger partial charge in [-0.1, -0.05) is 25.6 Å². The van der Waals surface area contributed by atoms with Gasteiger partial charge in [-0.15, -0.1) is 0 Å². The van der Waals surface area contributed by atoms with Crippen molar-refractivity contribution in [2.75, 3.05) is 19.7 Å². The Morgan fingerprint density at radius 1 is 1.44 bits per heavy atom. The molecule has 0 aromatic heterocycles. The minimum Gasteiger partial charge on any atom is -0.465 e. The maximum absolute atomic E-state index is 11.9. The molecule has 0 radical (unpaired) electrons. The number of thiocarbonyl (C=S) groups is 1. The Morgan fingerprint density at radius 3 is 2.50 bits per heavy atom. The lowest BCUT2D eigenvalue weighted by Gasteiger charge is -2.35. The third-order valence-corrected chi connectivity index (χ3v) is 3.83. The van der Waals surface area contributed by atoms with Crippen molar-refractivity contribution in [1.82, 2.24) is 4.90 Å². The summed E-state index contributed by atoms with van der Waals surface area (Å²) < 4.78 is 5.15. The molecule has 1 heterocycles. The smallest absolute Gasteiger partial charge is 0.323 e. The third-order valence-electron chi connectivity index (χ3n) is 3.49. The predicted octanol–water partition coefficient (Wildman–Crippen LogP) is 1.72. The molecule has 4 nitrogen and oxygen atoms in total. The van der Waals surface area contributed by atoms with E-state index >= 15 is 0 Å². The lowest BCUT2D eigenvalue weighted by molar-refractivity contribution is -0.150. The minimum atomic E-state index is -0.0951. The lowest BCUT2D eigenvalue weighted by atomic mass is 9.95. The van der Waals surface area contributed by atoms with Gasteiger partial charge in [0.15, 0.2) is 0 Å². The predicted molar refractivity (Wildman–Crippen MR) is 76.4 cm³/mol. The Hall–Kier alpha value is -0.680. The molecular weight excluding hydrogens is 248 g/mol. The van der Waals surface area contributed by atoms with Crippen LogP contribution in [0.1, 0.15) is 39.5 Å². The van der Waals surface area contributed by atoms with Crippen molar-refractivity contribution in [3.63, 3.8) is 0 Å². The number of hydrogen-bond donors (Lipinski definition) is 1. The van der Waals surface area contributed by atoms with E-state index in [-0.39, 0.29) is 12.0 Å². The van der Waals surface area contributed by atoms with Gasteiger partial charge in [0.2, 0.25) is 0 Å². The van der Waals surface area contributed by atoms with E-state index in [1.807, 2.05) is 6.92 Å². The summed E-state index contributed by atoms with van der Waals surface area (Å²) in [6.07, 6.45) is 3.75. The summed E-state index contributed by atoms with van der Waals surface area (Å²) >= 11 is 5.03.